The normalized spacial score (nSPS) is 25.9. The lowest BCUT2D eigenvalue weighted by atomic mass is 9.79. The number of amides is 2. The number of hydrogen-bond donors (Lipinski definition) is 2. The van der Waals surface area contributed by atoms with Gasteiger partial charge in [0, 0.05) is 20.1 Å². The van der Waals surface area contributed by atoms with Crippen LogP contribution in [0.1, 0.15) is 52.1 Å². The summed E-state index contributed by atoms with van der Waals surface area (Å²) in [7, 11) is 1.45. The molecule has 1 aromatic rings. The SMILES string of the molecule is COCC(=O)NC1C(c2ccccc2)N(C(=O)CC(C)(C)C)CCC1(C)O. The Hall–Kier alpha value is -1.92. The van der Waals surface area contributed by atoms with Crippen molar-refractivity contribution in [2.75, 3.05) is 20.3 Å². The smallest absolute Gasteiger partial charge is 0.246 e. The minimum absolute atomic E-state index is 0.0258. The molecule has 0 aliphatic carbocycles. The number of carbonyl (C=O) groups excluding carboxylic acids is 2. The number of aliphatic hydroxyl groups is 1. The molecular formula is C21H32N2O4. The third kappa shape index (κ3) is 5.53. The molecule has 3 unspecified atom stereocenters. The molecule has 0 saturated carbocycles. The molecule has 1 aliphatic heterocycles. The van der Waals surface area contributed by atoms with Crippen molar-refractivity contribution in [1.29, 1.82) is 0 Å². The number of piperidine rings is 1. The molecule has 1 fully saturated rings. The molecule has 1 heterocycles. The lowest BCUT2D eigenvalue weighted by Crippen LogP contribution is -2.63. The number of methoxy groups -OCH3 is 1. The van der Waals surface area contributed by atoms with Crippen LogP contribution in [0, 0.1) is 5.41 Å². The summed E-state index contributed by atoms with van der Waals surface area (Å²) in [5.74, 6) is -0.285. The van der Waals surface area contributed by atoms with Gasteiger partial charge in [0.2, 0.25) is 11.8 Å². The Balaban J connectivity index is 2.42. The number of nitrogens with zero attached hydrogens (tertiary/aromatic N) is 1. The van der Waals surface area contributed by atoms with Gasteiger partial charge in [-0.1, -0.05) is 51.1 Å². The van der Waals surface area contributed by atoms with Gasteiger partial charge in [-0.3, -0.25) is 9.59 Å². The molecule has 27 heavy (non-hydrogen) atoms. The molecule has 2 amide bonds. The third-order valence-corrected chi connectivity index (χ3v) is 4.92. The first kappa shape index (κ1) is 21.4. The Labute approximate surface area is 161 Å². The predicted molar refractivity (Wildman–Crippen MR) is 104 cm³/mol. The molecular weight excluding hydrogens is 344 g/mol. The predicted octanol–water partition coefficient (Wildman–Crippen LogP) is 2.28. The summed E-state index contributed by atoms with van der Waals surface area (Å²) in [6.07, 6.45) is 0.793. The van der Waals surface area contributed by atoms with Crippen LogP contribution in [0.15, 0.2) is 30.3 Å². The largest absolute Gasteiger partial charge is 0.388 e. The van der Waals surface area contributed by atoms with Gasteiger partial charge in [-0.15, -0.1) is 0 Å². The Morgan fingerprint density at radius 1 is 1.30 bits per heavy atom. The Morgan fingerprint density at radius 2 is 1.93 bits per heavy atom. The average molecular weight is 376 g/mol. The maximum Gasteiger partial charge on any atom is 0.246 e. The highest BCUT2D eigenvalue weighted by molar-refractivity contribution is 5.79. The van der Waals surface area contributed by atoms with Gasteiger partial charge in [-0.2, -0.15) is 0 Å². The fourth-order valence-corrected chi connectivity index (χ4v) is 3.60. The van der Waals surface area contributed by atoms with E-state index in [9.17, 15) is 14.7 Å². The zero-order chi connectivity index (χ0) is 20.2. The molecule has 6 heteroatoms. The zero-order valence-corrected chi connectivity index (χ0v) is 17.0. The van der Waals surface area contributed by atoms with Gasteiger partial charge in [0.05, 0.1) is 17.7 Å². The van der Waals surface area contributed by atoms with Gasteiger partial charge < -0.3 is 20.1 Å². The second-order valence-corrected chi connectivity index (χ2v) is 8.77. The van der Waals surface area contributed by atoms with E-state index in [1.54, 1.807) is 11.8 Å². The van der Waals surface area contributed by atoms with Gasteiger partial charge in [0.15, 0.2) is 0 Å². The second kappa shape index (κ2) is 8.40. The average Bonchev–Trinajstić information content (AvgIpc) is 2.55. The number of benzene rings is 1. The third-order valence-electron chi connectivity index (χ3n) is 4.92. The maximum absolute atomic E-state index is 13.1. The Kier molecular flexibility index (Phi) is 6.65. The summed E-state index contributed by atoms with van der Waals surface area (Å²) in [6.45, 7) is 8.15. The van der Waals surface area contributed by atoms with Crippen LogP contribution in [0.2, 0.25) is 0 Å². The summed E-state index contributed by atoms with van der Waals surface area (Å²) in [6, 6.07) is 8.51. The van der Waals surface area contributed by atoms with E-state index in [0.29, 0.717) is 19.4 Å². The minimum atomic E-state index is -1.14. The quantitative estimate of drug-likeness (QED) is 0.826. The van der Waals surface area contributed by atoms with Crippen molar-refractivity contribution in [2.45, 2.75) is 58.2 Å². The highest BCUT2D eigenvalue weighted by Gasteiger charge is 2.47. The molecule has 2 rings (SSSR count). The van der Waals surface area contributed by atoms with Crippen molar-refractivity contribution >= 4 is 11.8 Å². The van der Waals surface area contributed by atoms with Crippen molar-refractivity contribution in [3.05, 3.63) is 35.9 Å². The van der Waals surface area contributed by atoms with Crippen molar-refractivity contribution in [3.63, 3.8) is 0 Å². The van der Waals surface area contributed by atoms with Crippen molar-refractivity contribution in [3.8, 4) is 0 Å². The number of ether oxygens (including phenoxy) is 1. The molecule has 6 nitrogen and oxygen atoms in total. The summed E-state index contributed by atoms with van der Waals surface area (Å²) >= 11 is 0. The van der Waals surface area contributed by atoms with E-state index >= 15 is 0 Å². The van der Waals surface area contributed by atoms with Gasteiger partial charge in [0.1, 0.15) is 6.61 Å². The number of carbonyl (C=O) groups is 2. The summed E-state index contributed by atoms with van der Waals surface area (Å²) < 4.78 is 4.92. The monoisotopic (exact) mass is 376 g/mol. The molecule has 1 aliphatic rings. The second-order valence-electron chi connectivity index (χ2n) is 8.77. The topological polar surface area (TPSA) is 78.9 Å². The van der Waals surface area contributed by atoms with Crippen LogP contribution in [0.3, 0.4) is 0 Å². The van der Waals surface area contributed by atoms with E-state index in [1.807, 2.05) is 51.1 Å². The highest BCUT2D eigenvalue weighted by Crippen LogP contribution is 2.38. The van der Waals surface area contributed by atoms with Gasteiger partial charge >= 0.3 is 0 Å². The molecule has 0 spiro atoms. The van der Waals surface area contributed by atoms with Gasteiger partial charge in [-0.25, -0.2) is 0 Å². The Morgan fingerprint density at radius 3 is 2.48 bits per heavy atom. The molecule has 2 N–H and O–H groups in total. The summed E-state index contributed by atoms with van der Waals surface area (Å²) in [5, 5.41) is 13.9. The maximum atomic E-state index is 13.1. The van der Waals surface area contributed by atoms with Crippen molar-refractivity contribution < 1.29 is 19.4 Å². The fraction of sp³-hybridized carbons (Fsp3) is 0.619. The summed E-state index contributed by atoms with van der Waals surface area (Å²) in [4.78, 5) is 27.1. The lowest BCUT2D eigenvalue weighted by Gasteiger charge is -2.49. The molecule has 3 atom stereocenters. The molecule has 1 saturated heterocycles. The molecule has 150 valence electrons. The van der Waals surface area contributed by atoms with Crippen LogP contribution in [-0.4, -0.2) is 53.7 Å². The zero-order valence-electron chi connectivity index (χ0n) is 17.0. The Bertz CT molecular complexity index is 652. The first-order valence-electron chi connectivity index (χ1n) is 9.40. The first-order valence-corrected chi connectivity index (χ1v) is 9.40. The van der Waals surface area contributed by atoms with E-state index < -0.39 is 17.7 Å². The number of hydrogen-bond acceptors (Lipinski definition) is 4. The van der Waals surface area contributed by atoms with Crippen LogP contribution >= 0.6 is 0 Å². The molecule has 0 bridgehead atoms. The van der Waals surface area contributed by atoms with Crippen LogP contribution in [0.5, 0.6) is 0 Å². The van der Waals surface area contributed by atoms with E-state index in [0.717, 1.165) is 5.56 Å². The standard InChI is InChI=1S/C21H32N2O4/c1-20(2,3)13-17(25)23-12-11-21(4,26)19(22-16(24)14-27-5)18(23)15-9-7-6-8-10-15/h6-10,18-19,26H,11-14H2,1-5H3,(H,22,24). The number of likely N-dealkylation sites (tertiary alicyclic amines) is 1. The first-order chi connectivity index (χ1) is 12.5. The van der Waals surface area contributed by atoms with Crippen LogP contribution < -0.4 is 5.32 Å². The van der Waals surface area contributed by atoms with Crippen LogP contribution in [0.4, 0.5) is 0 Å². The fourth-order valence-electron chi connectivity index (χ4n) is 3.60. The highest BCUT2D eigenvalue weighted by atomic mass is 16.5. The molecule has 1 aromatic carbocycles. The van der Waals surface area contributed by atoms with Crippen molar-refractivity contribution in [2.24, 2.45) is 5.41 Å². The molecule has 0 aromatic heterocycles. The van der Waals surface area contributed by atoms with E-state index in [4.69, 9.17) is 4.74 Å². The minimum Gasteiger partial charge on any atom is -0.388 e. The summed E-state index contributed by atoms with van der Waals surface area (Å²) in [5.41, 5.74) is -0.391. The molecule has 0 radical (unpaired) electrons. The lowest BCUT2D eigenvalue weighted by molar-refractivity contribution is -0.148. The van der Waals surface area contributed by atoms with E-state index in [1.165, 1.54) is 7.11 Å². The van der Waals surface area contributed by atoms with E-state index in [2.05, 4.69) is 5.32 Å². The number of nitrogens with one attached hydrogen (secondary N) is 1. The van der Waals surface area contributed by atoms with E-state index in [-0.39, 0.29) is 23.8 Å². The van der Waals surface area contributed by atoms with Crippen molar-refractivity contribution in [1.82, 2.24) is 10.2 Å². The van der Waals surface area contributed by atoms with Gasteiger partial charge in [0.25, 0.3) is 0 Å². The van der Waals surface area contributed by atoms with Gasteiger partial charge in [-0.05, 0) is 24.3 Å². The van der Waals surface area contributed by atoms with Crippen LogP contribution in [0.25, 0.3) is 0 Å². The van der Waals surface area contributed by atoms with Crippen LogP contribution in [-0.2, 0) is 14.3 Å². The number of rotatable bonds is 5.